The first-order chi connectivity index (χ1) is 16.8. The molecule has 3 N–H and O–H groups in total. The van der Waals surface area contributed by atoms with E-state index in [2.05, 4.69) is 20.3 Å². The van der Waals surface area contributed by atoms with Crippen molar-refractivity contribution in [2.24, 2.45) is 10.2 Å². The number of nitrogens with two attached hydrogens (primary N) is 1. The van der Waals surface area contributed by atoms with Crippen molar-refractivity contribution < 1.29 is 15.5 Å². The molecule has 2 aromatic carbocycles. The van der Waals surface area contributed by atoms with Crippen LogP contribution in [0.4, 0.5) is 17.1 Å². The van der Waals surface area contributed by atoms with E-state index < -0.39 is 11.5 Å². The first kappa shape index (κ1) is 23.1. The first-order valence-electron chi connectivity index (χ1n) is 10.2. The molecule has 0 fully saturated rings. The highest BCUT2D eigenvalue weighted by atomic mass is 35.5. The number of H-pyrrole nitrogens is 1. The highest BCUT2D eigenvalue weighted by Gasteiger charge is 2.27. The number of aryl methyl sites for hydroxylation is 2. The second kappa shape index (κ2) is 9.19. The van der Waals surface area contributed by atoms with E-state index in [1.54, 1.807) is 35.5 Å². The van der Waals surface area contributed by atoms with Crippen molar-refractivity contribution in [2.75, 3.05) is 5.01 Å². The number of rotatable bonds is 5. The second-order valence-corrected chi connectivity index (χ2v) is 9.28. The summed E-state index contributed by atoms with van der Waals surface area (Å²) in [5, 5.41) is 28.0. The number of thiazole rings is 1. The predicted molar refractivity (Wildman–Crippen MR) is 131 cm³/mol. The van der Waals surface area contributed by atoms with Gasteiger partial charge in [-0.3, -0.25) is 9.89 Å². The normalized spacial score (nSPS) is 13.8. The SMILES string of the molecule is Cc1ccc(N2[NH2+]OC([O-])=C2c2csc(-n3[nH]c(C)c(N=Nc4cc(Cl)ccc4Cl)c3=O)n2)cc1. The Morgan fingerprint density at radius 2 is 1.91 bits per heavy atom. The molecule has 2 aromatic heterocycles. The zero-order valence-corrected chi connectivity index (χ0v) is 20.6. The number of azo groups is 1. The van der Waals surface area contributed by atoms with Gasteiger partial charge in [0.1, 0.15) is 17.3 Å². The molecule has 0 atom stereocenters. The molecule has 10 nitrogen and oxygen atoms in total. The third-order valence-electron chi connectivity index (χ3n) is 5.14. The fourth-order valence-corrected chi connectivity index (χ4v) is 4.45. The third-order valence-corrected chi connectivity index (χ3v) is 6.52. The van der Waals surface area contributed by atoms with Crippen LogP contribution in [0, 0.1) is 13.8 Å². The van der Waals surface area contributed by atoms with E-state index in [1.165, 1.54) is 21.6 Å². The van der Waals surface area contributed by atoms with E-state index in [-0.39, 0.29) is 11.4 Å². The van der Waals surface area contributed by atoms with Crippen LogP contribution in [-0.4, -0.2) is 14.8 Å². The summed E-state index contributed by atoms with van der Waals surface area (Å²) in [6.45, 7) is 3.67. The molecule has 4 aromatic rings. The van der Waals surface area contributed by atoms with E-state index in [4.69, 9.17) is 28.0 Å². The molecule has 3 heterocycles. The Morgan fingerprint density at radius 3 is 2.69 bits per heavy atom. The molecule has 0 bridgehead atoms. The lowest BCUT2D eigenvalue weighted by Gasteiger charge is -2.16. The van der Waals surface area contributed by atoms with Gasteiger partial charge < -0.3 is 9.94 Å². The summed E-state index contributed by atoms with van der Waals surface area (Å²) < 4.78 is 1.25. The van der Waals surface area contributed by atoms with Gasteiger partial charge in [0.25, 0.3) is 0 Å². The highest BCUT2D eigenvalue weighted by molar-refractivity contribution is 7.12. The van der Waals surface area contributed by atoms with Gasteiger partial charge in [0.2, 0.25) is 5.13 Å². The molecule has 0 saturated carbocycles. The first-order valence-corrected chi connectivity index (χ1v) is 11.9. The van der Waals surface area contributed by atoms with Gasteiger partial charge in [0, 0.05) is 10.4 Å². The van der Waals surface area contributed by atoms with Crippen LogP contribution < -0.4 is 21.3 Å². The Labute approximate surface area is 212 Å². The van der Waals surface area contributed by atoms with Crippen LogP contribution >= 0.6 is 34.5 Å². The third kappa shape index (κ3) is 4.42. The summed E-state index contributed by atoms with van der Waals surface area (Å²) in [5.41, 5.74) is 4.27. The molecule has 0 radical (unpaired) electrons. The zero-order chi connectivity index (χ0) is 24.7. The average molecular weight is 530 g/mol. The van der Waals surface area contributed by atoms with Gasteiger partial charge in [-0.2, -0.15) is 9.69 Å². The topological polar surface area (TPSA) is 128 Å². The summed E-state index contributed by atoms with van der Waals surface area (Å²) >= 11 is 13.3. The maximum atomic E-state index is 13.0. The van der Waals surface area contributed by atoms with E-state index in [0.717, 1.165) is 11.3 Å². The molecule has 35 heavy (non-hydrogen) atoms. The smallest absolute Gasteiger partial charge is 0.301 e. The van der Waals surface area contributed by atoms with Gasteiger partial charge in [-0.1, -0.05) is 40.9 Å². The van der Waals surface area contributed by atoms with E-state index in [0.29, 0.717) is 32.3 Å². The number of nitrogens with one attached hydrogen (secondary N) is 1. The van der Waals surface area contributed by atoms with Gasteiger partial charge >= 0.3 is 5.56 Å². The Kier molecular flexibility index (Phi) is 6.07. The number of aromatic nitrogens is 3. The summed E-state index contributed by atoms with van der Waals surface area (Å²) in [6, 6.07) is 12.4. The van der Waals surface area contributed by atoms with E-state index >= 15 is 0 Å². The predicted octanol–water partition coefficient (Wildman–Crippen LogP) is 3.88. The summed E-state index contributed by atoms with van der Waals surface area (Å²) in [4.78, 5) is 22.7. The molecule has 5 rings (SSSR count). The van der Waals surface area contributed by atoms with Crippen molar-refractivity contribution in [3.63, 3.8) is 0 Å². The van der Waals surface area contributed by atoms with Gasteiger partial charge in [-0.15, -0.1) is 27.2 Å². The second-order valence-electron chi connectivity index (χ2n) is 7.60. The van der Waals surface area contributed by atoms with Crippen LogP contribution in [0.15, 0.2) is 68.8 Å². The monoisotopic (exact) mass is 529 g/mol. The number of aromatic amines is 1. The van der Waals surface area contributed by atoms with Crippen molar-refractivity contribution in [1.82, 2.24) is 14.8 Å². The minimum Gasteiger partial charge on any atom is -0.540 e. The molecule has 0 unspecified atom stereocenters. The maximum Gasteiger partial charge on any atom is 0.301 e. The summed E-state index contributed by atoms with van der Waals surface area (Å²) in [6.07, 6.45) is 0. The molecule has 0 aliphatic carbocycles. The molecule has 178 valence electrons. The van der Waals surface area contributed by atoms with Crippen molar-refractivity contribution in [1.29, 1.82) is 0 Å². The minimum atomic E-state index is -0.537. The fourth-order valence-electron chi connectivity index (χ4n) is 3.36. The van der Waals surface area contributed by atoms with Crippen molar-refractivity contribution >= 4 is 57.3 Å². The van der Waals surface area contributed by atoms with Crippen LogP contribution in [0.25, 0.3) is 10.8 Å². The lowest BCUT2D eigenvalue weighted by Crippen LogP contribution is -2.90. The van der Waals surface area contributed by atoms with Crippen LogP contribution in [0.5, 0.6) is 0 Å². The Hall–Kier alpha value is -3.64. The van der Waals surface area contributed by atoms with E-state index in [1.807, 2.05) is 31.2 Å². The lowest BCUT2D eigenvalue weighted by atomic mass is 10.2. The Balaban J connectivity index is 1.46. The fraction of sp³-hybridized carbons (Fsp3) is 0.0909. The number of hydrogen-bond donors (Lipinski definition) is 2. The van der Waals surface area contributed by atoms with E-state index in [9.17, 15) is 9.90 Å². The van der Waals surface area contributed by atoms with Gasteiger partial charge in [-0.05, 0) is 44.2 Å². The Morgan fingerprint density at radius 1 is 1.14 bits per heavy atom. The average Bonchev–Trinajstić information content (AvgIpc) is 3.53. The molecule has 0 amide bonds. The Bertz CT molecular complexity index is 1540. The molecule has 0 spiro atoms. The number of halogens is 2. The number of hydrogen-bond acceptors (Lipinski definition) is 8. The standard InChI is InChI=1S/C22H17Cl2N7O3S/c1-11-3-6-14(7-4-11)30-19(21(33)34-29-30)17-10-35-22(25-17)31-20(32)18(12(2)28-31)27-26-16-9-13(23)5-8-15(16)24/h3-10,28-29,33H,1-2H3. The minimum absolute atomic E-state index is 0.0975. The quantitative estimate of drug-likeness (QED) is 0.299. The van der Waals surface area contributed by atoms with Crippen LogP contribution in [0.1, 0.15) is 17.0 Å². The number of quaternary nitrogens is 1. The molecule has 1 aliphatic heterocycles. The molecular weight excluding hydrogens is 513 g/mol. The number of benzene rings is 2. The van der Waals surface area contributed by atoms with Crippen molar-refractivity contribution in [3.05, 3.63) is 91.1 Å². The molecule has 13 heteroatoms. The molecule has 1 aliphatic rings. The van der Waals surface area contributed by atoms with Crippen LogP contribution in [0.3, 0.4) is 0 Å². The highest BCUT2D eigenvalue weighted by Crippen LogP contribution is 2.31. The maximum absolute atomic E-state index is 13.0. The lowest BCUT2D eigenvalue weighted by molar-refractivity contribution is -0.890. The molecule has 0 saturated heterocycles. The zero-order valence-electron chi connectivity index (χ0n) is 18.3. The van der Waals surface area contributed by atoms with Gasteiger partial charge in [0.15, 0.2) is 11.4 Å². The van der Waals surface area contributed by atoms with Gasteiger partial charge in [-0.25, -0.2) is 4.98 Å². The van der Waals surface area contributed by atoms with Gasteiger partial charge in [0.05, 0.1) is 16.4 Å². The molecular formula is C22H17Cl2N7O3S. The van der Waals surface area contributed by atoms with Crippen molar-refractivity contribution in [3.8, 4) is 5.13 Å². The number of anilines is 1. The summed E-state index contributed by atoms with van der Waals surface area (Å²) in [7, 11) is 0. The largest absolute Gasteiger partial charge is 0.540 e. The van der Waals surface area contributed by atoms with Crippen LogP contribution in [0.2, 0.25) is 10.0 Å². The van der Waals surface area contributed by atoms with Crippen molar-refractivity contribution in [2.45, 2.75) is 13.8 Å². The number of nitrogens with zero attached hydrogens (tertiary/aromatic N) is 5. The van der Waals surface area contributed by atoms with Crippen LogP contribution in [-0.2, 0) is 4.84 Å². The summed E-state index contributed by atoms with van der Waals surface area (Å²) in [5.74, 6) is -0.537.